The van der Waals surface area contributed by atoms with Crippen LogP contribution < -0.4 is 15.0 Å². The van der Waals surface area contributed by atoms with Gasteiger partial charge in [-0.3, -0.25) is 0 Å². The third-order valence-electron chi connectivity index (χ3n) is 5.15. The standard InChI is InChI=1S/C19H30N2O/c1-15-11-17(20-16-7-4-3-5-8-16)14-21(13-15)18-9-6-10-19(12-18)22-2/h6,9-10,12,15-17,20H,3-5,7-8,11,13-14H2,1-2H3. The molecule has 0 bridgehead atoms. The number of rotatable bonds is 4. The summed E-state index contributed by atoms with van der Waals surface area (Å²) < 4.78 is 5.38. The van der Waals surface area contributed by atoms with Gasteiger partial charge in [0.15, 0.2) is 0 Å². The van der Waals surface area contributed by atoms with Crippen molar-refractivity contribution in [2.75, 3.05) is 25.1 Å². The van der Waals surface area contributed by atoms with Crippen LogP contribution in [0, 0.1) is 5.92 Å². The van der Waals surface area contributed by atoms with E-state index in [1.807, 2.05) is 6.07 Å². The normalized spacial score (nSPS) is 26.9. The first-order valence-corrected chi connectivity index (χ1v) is 8.89. The highest BCUT2D eigenvalue weighted by Crippen LogP contribution is 2.27. The molecule has 3 heteroatoms. The van der Waals surface area contributed by atoms with Crippen molar-refractivity contribution < 1.29 is 4.74 Å². The first-order chi connectivity index (χ1) is 10.7. The van der Waals surface area contributed by atoms with E-state index in [1.165, 1.54) is 44.2 Å². The van der Waals surface area contributed by atoms with Gasteiger partial charge in [-0.05, 0) is 37.3 Å². The molecule has 1 aliphatic carbocycles. The van der Waals surface area contributed by atoms with E-state index in [0.717, 1.165) is 30.8 Å². The fourth-order valence-electron chi connectivity index (χ4n) is 4.09. The third kappa shape index (κ3) is 3.95. The first kappa shape index (κ1) is 15.7. The zero-order valence-corrected chi connectivity index (χ0v) is 14.1. The van der Waals surface area contributed by atoms with Crippen LogP contribution in [0.15, 0.2) is 24.3 Å². The van der Waals surface area contributed by atoms with Gasteiger partial charge in [0.2, 0.25) is 0 Å². The van der Waals surface area contributed by atoms with E-state index in [0.29, 0.717) is 6.04 Å². The maximum absolute atomic E-state index is 5.38. The lowest BCUT2D eigenvalue weighted by molar-refractivity contribution is 0.285. The summed E-state index contributed by atoms with van der Waals surface area (Å²) in [6, 6.07) is 9.86. The van der Waals surface area contributed by atoms with E-state index in [4.69, 9.17) is 4.74 Å². The Balaban J connectivity index is 1.64. The van der Waals surface area contributed by atoms with Crippen molar-refractivity contribution in [2.45, 2.75) is 57.5 Å². The number of nitrogens with zero attached hydrogens (tertiary/aromatic N) is 1. The summed E-state index contributed by atoms with van der Waals surface area (Å²) >= 11 is 0. The molecule has 2 atom stereocenters. The van der Waals surface area contributed by atoms with Gasteiger partial charge in [-0.15, -0.1) is 0 Å². The van der Waals surface area contributed by atoms with Crippen molar-refractivity contribution in [1.29, 1.82) is 0 Å². The van der Waals surface area contributed by atoms with E-state index < -0.39 is 0 Å². The monoisotopic (exact) mass is 302 g/mol. The Hall–Kier alpha value is -1.22. The Morgan fingerprint density at radius 1 is 1.09 bits per heavy atom. The van der Waals surface area contributed by atoms with Crippen molar-refractivity contribution in [1.82, 2.24) is 5.32 Å². The molecule has 1 aromatic carbocycles. The van der Waals surface area contributed by atoms with Gasteiger partial charge in [0.05, 0.1) is 7.11 Å². The number of benzene rings is 1. The number of piperidine rings is 1. The Morgan fingerprint density at radius 3 is 2.68 bits per heavy atom. The van der Waals surface area contributed by atoms with Gasteiger partial charge in [-0.2, -0.15) is 0 Å². The summed E-state index contributed by atoms with van der Waals surface area (Å²) in [6.07, 6.45) is 8.26. The Kier molecular flexibility index (Phi) is 5.24. The SMILES string of the molecule is COc1cccc(N2CC(C)CC(NC3CCCCC3)C2)c1. The minimum Gasteiger partial charge on any atom is -0.497 e. The van der Waals surface area contributed by atoms with E-state index in [2.05, 4.69) is 35.3 Å². The van der Waals surface area contributed by atoms with Crippen LogP contribution in [0.5, 0.6) is 5.75 Å². The van der Waals surface area contributed by atoms with Gasteiger partial charge in [0, 0.05) is 36.9 Å². The molecule has 1 heterocycles. The molecule has 0 aromatic heterocycles. The highest BCUT2D eigenvalue weighted by atomic mass is 16.5. The highest BCUT2D eigenvalue weighted by Gasteiger charge is 2.27. The van der Waals surface area contributed by atoms with Crippen LogP contribution in [-0.2, 0) is 0 Å². The van der Waals surface area contributed by atoms with Crippen LogP contribution in [0.25, 0.3) is 0 Å². The minimum atomic E-state index is 0.623. The number of ether oxygens (including phenoxy) is 1. The summed E-state index contributed by atoms with van der Waals surface area (Å²) in [7, 11) is 1.74. The van der Waals surface area contributed by atoms with Crippen molar-refractivity contribution in [2.24, 2.45) is 5.92 Å². The summed E-state index contributed by atoms with van der Waals surface area (Å²) in [5.41, 5.74) is 1.29. The molecule has 122 valence electrons. The van der Waals surface area contributed by atoms with Crippen LogP contribution in [-0.4, -0.2) is 32.3 Å². The molecule has 1 saturated heterocycles. The van der Waals surface area contributed by atoms with Crippen molar-refractivity contribution >= 4 is 5.69 Å². The fraction of sp³-hybridized carbons (Fsp3) is 0.684. The van der Waals surface area contributed by atoms with Crippen LogP contribution in [0.3, 0.4) is 0 Å². The van der Waals surface area contributed by atoms with E-state index in [1.54, 1.807) is 7.11 Å². The lowest BCUT2D eigenvalue weighted by Gasteiger charge is -2.40. The smallest absolute Gasteiger partial charge is 0.120 e. The summed E-state index contributed by atoms with van der Waals surface area (Å²) in [6.45, 7) is 4.64. The summed E-state index contributed by atoms with van der Waals surface area (Å²) in [5, 5.41) is 3.94. The van der Waals surface area contributed by atoms with E-state index in [9.17, 15) is 0 Å². The molecule has 0 spiro atoms. The number of hydrogen-bond donors (Lipinski definition) is 1. The zero-order valence-electron chi connectivity index (χ0n) is 14.1. The van der Waals surface area contributed by atoms with Crippen LogP contribution >= 0.6 is 0 Å². The van der Waals surface area contributed by atoms with Crippen molar-refractivity contribution in [3.8, 4) is 5.75 Å². The maximum atomic E-state index is 5.38. The Morgan fingerprint density at radius 2 is 1.91 bits per heavy atom. The first-order valence-electron chi connectivity index (χ1n) is 8.89. The van der Waals surface area contributed by atoms with E-state index >= 15 is 0 Å². The molecule has 2 unspecified atom stereocenters. The quantitative estimate of drug-likeness (QED) is 0.915. The molecule has 22 heavy (non-hydrogen) atoms. The molecule has 3 nitrogen and oxygen atoms in total. The summed E-state index contributed by atoms with van der Waals surface area (Å²) in [5.74, 6) is 1.69. The summed E-state index contributed by atoms with van der Waals surface area (Å²) in [4.78, 5) is 2.52. The highest BCUT2D eigenvalue weighted by molar-refractivity contribution is 5.51. The van der Waals surface area contributed by atoms with Gasteiger partial charge in [-0.25, -0.2) is 0 Å². The average Bonchev–Trinajstić information content (AvgIpc) is 2.55. The third-order valence-corrected chi connectivity index (χ3v) is 5.15. The number of hydrogen-bond acceptors (Lipinski definition) is 3. The predicted molar refractivity (Wildman–Crippen MR) is 92.8 cm³/mol. The lowest BCUT2D eigenvalue weighted by Crippen LogP contribution is -2.52. The van der Waals surface area contributed by atoms with Crippen LogP contribution in [0.1, 0.15) is 45.4 Å². The van der Waals surface area contributed by atoms with Gasteiger partial charge in [-0.1, -0.05) is 32.3 Å². The Labute approximate surface area is 135 Å². The molecule has 3 rings (SSSR count). The van der Waals surface area contributed by atoms with Gasteiger partial charge < -0.3 is 15.0 Å². The molecule has 1 saturated carbocycles. The predicted octanol–water partition coefficient (Wildman–Crippen LogP) is 3.83. The molecule has 1 aromatic rings. The van der Waals surface area contributed by atoms with E-state index in [-0.39, 0.29) is 0 Å². The molecule has 0 radical (unpaired) electrons. The average molecular weight is 302 g/mol. The second kappa shape index (κ2) is 7.36. The maximum Gasteiger partial charge on any atom is 0.120 e. The van der Waals surface area contributed by atoms with Gasteiger partial charge >= 0.3 is 0 Å². The molecular formula is C19H30N2O. The largest absolute Gasteiger partial charge is 0.497 e. The fourth-order valence-corrected chi connectivity index (χ4v) is 4.09. The van der Waals surface area contributed by atoms with Crippen molar-refractivity contribution in [3.63, 3.8) is 0 Å². The lowest BCUT2D eigenvalue weighted by atomic mass is 9.91. The van der Waals surface area contributed by atoms with Crippen LogP contribution in [0.2, 0.25) is 0 Å². The molecule has 1 N–H and O–H groups in total. The van der Waals surface area contributed by atoms with Gasteiger partial charge in [0.1, 0.15) is 5.75 Å². The topological polar surface area (TPSA) is 24.5 Å². The Bertz CT molecular complexity index is 470. The van der Waals surface area contributed by atoms with Crippen LogP contribution in [0.4, 0.5) is 5.69 Å². The zero-order chi connectivity index (χ0) is 15.4. The number of methoxy groups -OCH3 is 1. The molecule has 2 aliphatic rings. The second-order valence-corrected chi connectivity index (χ2v) is 7.15. The second-order valence-electron chi connectivity index (χ2n) is 7.15. The van der Waals surface area contributed by atoms with Crippen molar-refractivity contribution in [3.05, 3.63) is 24.3 Å². The number of nitrogens with one attached hydrogen (secondary N) is 1. The molecule has 2 fully saturated rings. The molecule has 0 amide bonds. The molecular weight excluding hydrogens is 272 g/mol. The minimum absolute atomic E-state index is 0.623. The molecule has 1 aliphatic heterocycles. The van der Waals surface area contributed by atoms with Gasteiger partial charge in [0.25, 0.3) is 0 Å². The number of anilines is 1.